The van der Waals surface area contributed by atoms with E-state index in [-0.39, 0.29) is 10.6 Å². The Morgan fingerprint density at radius 3 is 2.62 bits per heavy atom. The molecule has 0 saturated heterocycles. The molecule has 3 N–H and O–H groups in total. The summed E-state index contributed by atoms with van der Waals surface area (Å²) in [5.74, 6) is 4.63. The summed E-state index contributed by atoms with van der Waals surface area (Å²) in [6.07, 6.45) is 1.65. The first kappa shape index (κ1) is 17.3. The minimum Gasteiger partial charge on any atom is -0.359 e. The highest BCUT2D eigenvalue weighted by Gasteiger charge is 2.18. The highest BCUT2D eigenvalue weighted by molar-refractivity contribution is 7.94. The van der Waals surface area contributed by atoms with Crippen molar-refractivity contribution in [2.45, 2.75) is 15.5 Å². The van der Waals surface area contributed by atoms with Gasteiger partial charge in [0.05, 0.1) is 33.2 Å². The molecule has 9 heteroatoms. The van der Waals surface area contributed by atoms with Crippen molar-refractivity contribution < 1.29 is 17.7 Å². The van der Waals surface area contributed by atoms with Gasteiger partial charge in [0.25, 0.3) is 0 Å². The monoisotopic (exact) mass is 384 g/mol. The van der Waals surface area contributed by atoms with E-state index in [1.165, 1.54) is 12.1 Å². The Morgan fingerprint density at radius 2 is 1.92 bits per heavy atom. The molecule has 0 spiro atoms. The van der Waals surface area contributed by atoms with E-state index >= 15 is 0 Å². The number of H-pyrrole nitrogens is 1. The van der Waals surface area contributed by atoms with Crippen LogP contribution in [0.5, 0.6) is 0 Å². The summed E-state index contributed by atoms with van der Waals surface area (Å²) in [6, 6.07) is 11.7. The standard InChI is InChI=1S/C15H13ClN2O4S2/c16-14-8-18-15-10(2-1-3-13(14)15)9-24(19,20)12-6-4-11(5-7-12)23-22-21-17/h1-8,18H,9,17H2. The van der Waals surface area contributed by atoms with E-state index in [1.807, 2.05) is 6.07 Å². The molecule has 24 heavy (non-hydrogen) atoms. The fourth-order valence-electron chi connectivity index (χ4n) is 2.35. The van der Waals surface area contributed by atoms with Crippen LogP contribution in [0.15, 0.2) is 58.5 Å². The number of aromatic amines is 1. The number of fused-ring (bicyclic) bond motifs is 1. The van der Waals surface area contributed by atoms with Gasteiger partial charge >= 0.3 is 0 Å². The van der Waals surface area contributed by atoms with Gasteiger partial charge in [-0.05, 0) is 29.8 Å². The van der Waals surface area contributed by atoms with Gasteiger partial charge in [-0.1, -0.05) is 29.8 Å². The molecular weight excluding hydrogens is 372 g/mol. The molecule has 0 aliphatic heterocycles. The van der Waals surface area contributed by atoms with E-state index in [2.05, 4.69) is 14.3 Å². The Kier molecular flexibility index (Phi) is 5.14. The third kappa shape index (κ3) is 3.59. The summed E-state index contributed by atoms with van der Waals surface area (Å²) < 4.78 is 29.8. The topological polar surface area (TPSA) is 94.4 Å². The van der Waals surface area contributed by atoms with Gasteiger partial charge in [-0.25, -0.2) is 8.42 Å². The lowest BCUT2D eigenvalue weighted by Crippen LogP contribution is -2.05. The normalized spacial score (nSPS) is 11.9. The van der Waals surface area contributed by atoms with E-state index < -0.39 is 9.84 Å². The van der Waals surface area contributed by atoms with Crippen molar-refractivity contribution in [2.75, 3.05) is 0 Å². The van der Waals surface area contributed by atoms with Crippen molar-refractivity contribution in [1.82, 2.24) is 4.98 Å². The third-order valence-electron chi connectivity index (χ3n) is 3.45. The van der Waals surface area contributed by atoms with E-state index in [4.69, 9.17) is 17.5 Å². The maximum atomic E-state index is 12.6. The van der Waals surface area contributed by atoms with Crippen LogP contribution in [0, 0.1) is 0 Å². The number of hydrogen-bond donors (Lipinski definition) is 2. The molecule has 0 fully saturated rings. The lowest BCUT2D eigenvalue weighted by molar-refractivity contribution is -0.195. The van der Waals surface area contributed by atoms with Crippen LogP contribution in [-0.4, -0.2) is 13.4 Å². The van der Waals surface area contributed by atoms with Crippen LogP contribution in [0.4, 0.5) is 0 Å². The van der Waals surface area contributed by atoms with Gasteiger partial charge in [-0.3, -0.25) is 0 Å². The predicted octanol–water partition coefficient (Wildman–Crippen LogP) is 3.62. The summed E-state index contributed by atoms with van der Waals surface area (Å²) in [5.41, 5.74) is 1.39. The molecule has 0 saturated carbocycles. The van der Waals surface area contributed by atoms with Crippen molar-refractivity contribution in [3.05, 3.63) is 59.2 Å². The molecular formula is C15H13ClN2O4S2. The molecule has 3 rings (SSSR count). The quantitative estimate of drug-likeness (QED) is 0.383. The molecule has 0 unspecified atom stereocenters. The number of nitrogens with two attached hydrogens (primary N) is 1. The van der Waals surface area contributed by atoms with Gasteiger partial charge in [0.15, 0.2) is 9.84 Å². The maximum absolute atomic E-state index is 12.6. The van der Waals surface area contributed by atoms with Crippen molar-refractivity contribution in [2.24, 2.45) is 5.90 Å². The van der Waals surface area contributed by atoms with Crippen LogP contribution in [0.25, 0.3) is 10.9 Å². The molecule has 0 aliphatic carbocycles. The number of sulfone groups is 1. The lowest BCUT2D eigenvalue weighted by atomic mass is 10.2. The molecule has 0 aliphatic rings. The first-order valence-electron chi connectivity index (χ1n) is 6.78. The van der Waals surface area contributed by atoms with Crippen molar-refractivity contribution >= 4 is 44.4 Å². The van der Waals surface area contributed by atoms with Gasteiger partial charge in [0.2, 0.25) is 0 Å². The van der Waals surface area contributed by atoms with Gasteiger partial charge in [0.1, 0.15) is 0 Å². The minimum atomic E-state index is -3.50. The molecule has 0 bridgehead atoms. The molecule has 1 heterocycles. The third-order valence-corrected chi connectivity index (χ3v) is 6.05. The maximum Gasteiger partial charge on any atom is 0.182 e. The average Bonchev–Trinajstić information content (AvgIpc) is 2.96. The smallest absolute Gasteiger partial charge is 0.182 e. The van der Waals surface area contributed by atoms with Crippen molar-refractivity contribution in [3.8, 4) is 0 Å². The number of aromatic nitrogens is 1. The number of hydrogen-bond acceptors (Lipinski definition) is 6. The number of benzene rings is 2. The lowest BCUT2D eigenvalue weighted by Gasteiger charge is -2.07. The Labute approximate surface area is 147 Å². The number of rotatable bonds is 6. The van der Waals surface area contributed by atoms with E-state index in [0.29, 0.717) is 15.5 Å². The van der Waals surface area contributed by atoms with Crippen molar-refractivity contribution in [3.63, 3.8) is 0 Å². The molecule has 6 nitrogen and oxygen atoms in total. The molecule has 1 aromatic heterocycles. The second-order valence-corrected chi connectivity index (χ2v) is 8.13. The average molecular weight is 385 g/mol. The van der Waals surface area contributed by atoms with E-state index in [0.717, 1.165) is 22.9 Å². The Morgan fingerprint density at radius 1 is 1.17 bits per heavy atom. The molecule has 126 valence electrons. The summed E-state index contributed by atoms with van der Waals surface area (Å²) in [4.78, 5) is 7.90. The Hall–Kier alpha value is -1.55. The number of para-hydroxylation sites is 1. The largest absolute Gasteiger partial charge is 0.359 e. The highest BCUT2D eigenvalue weighted by atomic mass is 35.5. The molecule has 2 aromatic carbocycles. The van der Waals surface area contributed by atoms with Crippen LogP contribution >= 0.6 is 23.6 Å². The Bertz CT molecular complexity index is 955. The zero-order valence-corrected chi connectivity index (χ0v) is 14.6. The second kappa shape index (κ2) is 7.14. The van der Waals surface area contributed by atoms with Crippen LogP contribution in [0.1, 0.15) is 5.56 Å². The summed E-state index contributed by atoms with van der Waals surface area (Å²) >= 11 is 6.96. The highest BCUT2D eigenvalue weighted by Crippen LogP contribution is 2.28. The predicted molar refractivity (Wildman–Crippen MR) is 92.9 cm³/mol. The molecule has 0 amide bonds. The summed E-state index contributed by atoms with van der Waals surface area (Å²) in [5, 5.41) is 1.36. The fourth-order valence-corrected chi connectivity index (χ4v) is 4.30. The van der Waals surface area contributed by atoms with Crippen LogP contribution in [0.3, 0.4) is 0 Å². The van der Waals surface area contributed by atoms with Gasteiger partial charge in [-0.2, -0.15) is 5.90 Å². The van der Waals surface area contributed by atoms with E-state index in [9.17, 15) is 8.42 Å². The van der Waals surface area contributed by atoms with Gasteiger partial charge < -0.3 is 4.98 Å². The van der Waals surface area contributed by atoms with Crippen LogP contribution < -0.4 is 5.90 Å². The van der Waals surface area contributed by atoms with Crippen LogP contribution in [-0.2, 0) is 24.9 Å². The SMILES string of the molecule is NOOSc1ccc(S(=O)(=O)Cc2cccc3c(Cl)c[nH]c23)cc1. The zero-order chi connectivity index (χ0) is 17.2. The minimum absolute atomic E-state index is 0.129. The first-order valence-corrected chi connectivity index (χ1v) is 9.56. The van der Waals surface area contributed by atoms with Gasteiger partial charge in [0, 0.05) is 16.5 Å². The molecule has 0 radical (unpaired) electrons. The number of nitrogens with one attached hydrogen (secondary N) is 1. The van der Waals surface area contributed by atoms with Crippen molar-refractivity contribution in [1.29, 1.82) is 0 Å². The molecule has 3 aromatic rings. The second-order valence-electron chi connectivity index (χ2n) is 4.95. The molecule has 0 atom stereocenters. The van der Waals surface area contributed by atoms with Gasteiger partial charge in [-0.15, -0.1) is 9.32 Å². The summed E-state index contributed by atoms with van der Waals surface area (Å²) in [7, 11) is -3.50. The number of halogens is 1. The first-order chi connectivity index (χ1) is 11.5. The zero-order valence-electron chi connectivity index (χ0n) is 12.2. The summed E-state index contributed by atoms with van der Waals surface area (Å²) in [6.45, 7) is 0. The Balaban J connectivity index is 1.87. The fraction of sp³-hybridized carbons (Fsp3) is 0.0667. The van der Waals surface area contributed by atoms with Crippen LogP contribution in [0.2, 0.25) is 5.02 Å². The van der Waals surface area contributed by atoms with E-state index in [1.54, 1.807) is 30.5 Å².